The summed E-state index contributed by atoms with van der Waals surface area (Å²) < 4.78 is 5.14. The molecule has 0 N–H and O–H groups in total. The maximum Gasteiger partial charge on any atom is 0.348 e. The van der Waals surface area contributed by atoms with Crippen LogP contribution in [0.15, 0.2) is 6.33 Å². The number of hydrogen-bond donors (Lipinski definition) is 0. The molecule has 120 valence electrons. The zero-order chi connectivity index (χ0) is 16.1. The van der Waals surface area contributed by atoms with E-state index in [-0.39, 0.29) is 5.97 Å². The second kappa shape index (κ2) is 7.54. The fraction of sp³-hybridized carbons (Fsp3) is 0.562. The van der Waals surface area contributed by atoms with Crippen LogP contribution in [0.5, 0.6) is 0 Å². The van der Waals surface area contributed by atoms with Gasteiger partial charge < -0.3 is 9.64 Å². The van der Waals surface area contributed by atoms with E-state index in [0.29, 0.717) is 11.5 Å². The zero-order valence-corrected chi connectivity index (χ0v) is 14.5. The van der Waals surface area contributed by atoms with Gasteiger partial charge in [-0.05, 0) is 32.3 Å². The largest absolute Gasteiger partial charge is 0.462 e. The number of fused-ring (bicyclic) bond motifs is 1. The van der Waals surface area contributed by atoms with Gasteiger partial charge in [0.15, 0.2) is 0 Å². The maximum atomic E-state index is 12.1. The van der Waals surface area contributed by atoms with Gasteiger partial charge in [0.1, 0.15) is 21.9 Å². The van der Waals surface area contributed by atoms with E-state index >= 15 is 0 Å². The van der Waals surface area contributed by atoms with Crippen LogP contribution in [-0.2, 0) is 4.74 Å². The quantitative estimate of drug-likeness (QED) is 0.726. The van der Waals surface area contributed by atoms with E-state index < -0.39 is 0 Å². The highest BCUT2D eigenvalue weighted by Gasteiger charge is 2.22. The van der Waals surface area contributed by atoms with Crippen molar-refractivity contribution < 1.29 is 9.53 Å². The number of esters is 1. The Morgan fingerprint density at radius 3 is 2.50 bits per heavy atom. The molecular formula is C16H23N3O2S. The molecule has 0 aromatic carbocycles. The van der Waals surface area contributed by atoms with Crippen molar-refractivity contribution in [3.05, 3.63) is 16.8 Å². The van der Waals surface area contributed by atoms with E-state index in [1.54, 1.807) is 6.33 Å². The number of rotatable bonds is 7. The molecule has 0 saturated heterocycles. The average molecular weight is 321 g/mol. The molecule has 0 radical (unpaired) electrons. The lowest BCUT2D eigenvalue weighted by Crippen LogP contribution is -2.26. The normalized spacial score (nSPS) is 10.9. The number of carbonyl (C=O) groups is 1. The SMILES string of the molecule is CCCN(CCC)c1ncnc2sc(C(=O)OCC)c(C)c12. The lowest BCUT2D eigenvalue weighted by Gasteiger charge is -2.23. The van der Waals surface area contributed by atoms with Crippen LogP contribution in [-0.4, -0.2) is 35.6 Å². The number of anilines is 1. The van der Waals surface area contributed by atoms with Gasteiger partial charge in [-0.15, -0.1) is 11.3 Å². The number of aromatic nitrogens is 2. The molecule has 22 heavy (non-hydrogen) atoms. The van der Waals surface area contributed by atoms with E-state index in [4.69, 9.17) is 4.74 Å². The highest BCUT2D eigenvalue weighted by molar-refractivity contribution is 7.20. The minimum absolute atomic E-state index is 0.272. The van der Waals surface area contributed by atoms with E-state index in [9.17, 15) is 4.79 Å². The second-order valence-electron chi connectivity index (χ2n) is 5.14. The highest BCUT2D eigenvalue weighted by Crippen LogP contribution is 2.35. The summed E-state index contributed by atoms with van der Waals surface area (Å²) in [5.74, 6) is 0.657. The molecule has 0 amide bonds. The van der Waals surface area contributed by atoms with Crippen LogP contribution in [0.4, 0.5) is 5.82 Å². The fourth-order valence-corrected chi connectivity index (χ4v) is 3.58. The van der Waals surface area contributed by atoms with Crippen molar-refractivity contribution in [1.82, 2.24) is 9.97 Å². The topological polar surface area (TPSA) is 55.3 Å². The molecule has 0 saturated carbocycles. The van der Waals surface area contributed by atoms with Crippen LogP contribution in [0.3, 0.4) is 0 Å². The first kappa shape index (κ1) is 16.7. The molecule has 2 rings (SSSR count). The molecule has 5 nitrogen and oxygen atoms in total. The van der Waals surface area contributed by atoms with Gasteiger partial charge in [-0.1, -0.05) is 13.8 Å². The van der Waals surface area contributed by atoms with Gasteiger partial charge in [0, 0.05) is 13.1 Å². The van der Waals surface area contributed by atoms with Gasteiger partial charge in [0.05, 0.1) is 12.0 Å². The van der Waals surface area contributed by atoms with Gasteiger partial charge >= 0.3 is 5.97 Å². The first-order valence-corrected chi connectivity index (χ1v) is 8.61. The molecule has 6 heteroatoms. The molecule has 2 aromatic heterocycles. The number of nitrogens with zero attached hydrogens (tertiary/aromatic N) is 3. The lowest BCUT2D eigenvalue weighted by atomic mass is 10.2. The molecule has 0 fully saturated rings. The first-order chi connectivity index (χ1) is 10.6. The summed E-state index contributed by atoms with van der Waals surface area (Å²) in [5, 5.41) is 0.984. The molecule has 0 unspecified atom stereocenters. The molecule has 0 spiro atoms. The zero-order valence-electron chi connectivity index (χ0n) is 13.7. The number of ether oxygens (including phenoxy) is 1. The Bertz CT molecular complexity index is 648. The third-order valence-electron chi connectivity index (χ3n) is 3.45. The maximum absolute atomic E-state index is 12.1. The van der Waals surface area contributed by atoms with Crippen molar-refractivity contribution in [2.45, 2.75) is 40.5 Å². The van der Waals surface area contributed by atoms with Crippen LogP contribution in [0.25, 0.3) is 10.2 Å². The molecule has 0 aliphatic heterocycles. The molecule has 0 aliphatic rings. The Morgan fingerprint density at radius 2 is 1.91 bits per heavy atom. The van der Waals surface area contributed by atoms with E-state index in [0.717, 1.165) is 47.5 Å². The Morgan fingerprint density at radius 1 is 1.23 bits per heavy atom. The smallest absolute Gasteiger partial charge is 0.348 e. The van der Waals surface area contributed by atoms with Crippen LogP contribution >= 0.6 is 11.3 Å². The number of thiophene rings is 1. The highest BCUT2D eigenvalue weighted by atomic mass is 32.1. The molecule has 0 atom stereocenters. The van der Waals surface area contributed by atoms with Gasteiger partial charge in [-0.25, -0.2) is 14.8 Å². The molecule has 0 bridgehead atoms. The predicted octanol–water partition coefficient (Wildman–Crippen LogP) is 3.80. The predicted molar refractivity (Wildman–Crippen MR) is 90.9 cm³/mol. The average Bonchev–Trinajstić information content (AvgIpc) is 2.85. The van der Waals surface area contributed by atoms with Crippen LogP contribution in [0.2, 0.25) is 0 Å². The van der Waals surface area contributed by atoms with Crippen molar-refractivity contribution in [3.63, 3.8) is 0 Å². The molecule has 2 heterocycles. The van der Waals surface area contributed by atoms with Gasteiger partial charge in [-0.3, -0.25) is 0 Å². The van der Waals surface area contributed by atoms with Crippen molar-refractivity contribution in [1.29, 1.82) is 0 Å². The van der Waals surface area contributed by atoms with E-state index in [1.165, 1.54) is 11.3 Å². The summed E-state index contributed by atoms with van der Waals surface area (Å²) in [6.07, 6.45) is 3.69. The Kier molecular flexibility index (Phi) is 5.71. The van der Waals surface area contributed by atoms with Gasteiger partial charge in [0.2, 0.25) is 0 Å². The summed E-state index contributed by atoms with van der Waals surface area (Å²) in [7, 11) is 0. The number of hydrogen-bond acceptors (Lipinski definition) is 6. The van der Waals surface area contributed by atoms with Crippen LogP contribution in [0.1, 0.15) is 48.8 Å². The third-order valence-corrected chi connectivity index (χ3v) is 4.63. The monoisotopic (exact) mass is 321 g/mol. The Balaban J connectivity index is 2.54. The lowest BCUT2D eigenvalue weighted by molar-refractivity contribution is 0.0531. The van der Waals surface area contributed by atoms with Crippen molar-refractivity contribution in [3.8, 4) is 0 Å². The Hall–Kier alpha value is -1.69. The Labute approximate surface area is 135 Å². The second-order valence-corrected chi connectivity index (χ2v) is 6.14. The summed E-state index contributed by atoms with van der Waals surface area (Å²) in [5.41, 5.74) is 0.922. The molecular weight excluding hydrogens is 298 g/mol. The minimum atomic E-state index is -0.272. The summed E-state index contributed by atoms with van der Waals surface area (Å²) in [6, 6.07) is 0. The van der Waals surface area contributed by atoms with Crippen molar-refractivity contribution >= 4 is 33.3 Å². The summed E-state index contributed by atoms with van der Waals surface area (Å²) >= 11 is 1.39. The summed E-state index contributed by atoms with van der Waals surface area (Å²) in [6.45, 7) is 10.4. The van der Waals surface area contributed by atoms with Gasteiger partial charge in [0.25, 0.3) is 0 Å². The van der Waals surface area contributed by atoms with Crippen molar-refractivity contribution in [2.24, 2.45) is 0 Å². The van der Waals surface area contributed by atoms with Crippen molar-refractivity contribution in [2.75, 3.05) is 24.6 Å². The molecule has 2 aromatic rings. The molecule has 0 aliphatic carbocycles. The number of aryl methyl sites for hydroxylation is 1. The van der Waals surface area contributed by atoms with Gasteiger partial charge in [-0.2, -0.15) is 0 Å². The standard InChI is InChI=1S/C16H23N3O2S/c1-5-8-19(9-6-2)14-12-11(4)13(16(20)21-7-3)22-15(12)18-10-17-14/h10H,5-9H2,1-4H3. The van der Waals surface area contributed by atoms with Crippen LogP contribution in [0, 0.1) is 6.92 Å². The first-order valence-electron chi connectivity index (χ1n) is 7.80. The van der Waals surface area contributed by atoms with E-state index in [2.05, 4.69) is 28.7 Å². The minimum Gasteiger partial charge on any atom is -0.462 e. The fourth-order valence-electron chi connectivity index (χ4n) is 2.55. The number of carbonyl (C=O) groups excluding carboxylic acids is 1. The summed E-state index contributed by atoms with van der Waals surface area (Å²) in [4.78, 5) is 24.7. The van der Waals surface area contributed by atoms with E-state index in [1.807, 2.05) is 13.8 Å². The van der Waals surface area contributed by atoms with Crippen LogP contribution < -0.4 is 4.90 Å². The third kappa shape index (κ3) is 3.21.